The molecule has 1 aliphatic heterocycles. The predicted molar refractivity (Wildman–Crippen MR) is 86.6 cm³/mol. The Morgan fingerprint density at radius 2 is 1.74 bits per heavy atom. The first-order chi connectivity index (χ1) is 10.8. The predicted octanol–water partition coefficient (Wildman–Crippen LogP) is 1.95. The second-order valence-corrected chi connectivity index (χ2v) is 6.33. The molecule has 0 bridgehead atoms. The number of aromatic carboxylic acids is 1. The van der Waals surface area contributed by atoms with Gasteiger partial charge in [-0.05, 0) is 45.0 Å². The van der Waals surface area contributed by atoms with E-state index in [0.29, 0.717) is 19.6 Å². The van der Waals surface area contributed by atoms with E-state index in [9.17, 15) is 9.59 Å². The minimum absolute atomic E-state index is 0.213. The Morgan fingerprint density at radius 1 is 1.13 bits per heavy atom. The highest BCUT2D eigenvalue weighted by molar-refractivity contribution is 5.88. The van der Waals surface area contributed by atoms with Crippen LogP contribution in [0.3, 0.4) is 0 Å². The van der Waals surface area contributed by atoms with Gasteiger partial charge in [0, 0.05) is 13.1 Å². The Bertz CT molecular complexity index is 566. The lowest BCUT2D eigenvalue weighted by Gasteiger charge is -2.35. The van der Waals surface area contributed by atoms with Crippen LogP contribution in [0, 0.1) is 0 Å². The van der Waals surface area contributed by atoms with Crippen molar-refractivity contribution >= 4 is 17.7 Å². The molecule has 7 nitrogen and oxygen atoms in total. The monoisotopic (exact) mass is 321 g/mol. The fourth-order valence-corrected chi connectivity index (χ4v) is 2.29. The zero-order chi connectivity index (χ0) is 17.0. The van der Waals surface area contributed by atoms with Crippen LogP contribution in [0.15, 0.2) is 24.3 Å². The molecule has 0 saturated carbocycles. The summed E-state index contributed by atoms with van der Waals surface area (Å²) in [6.45, 7) is 7.94. The summed E-state index contributed by atoms with van der Waals surface area (Å²) < 4.78 is 5.47. The first-order valence-electron chi connectivity index (χ1n) is 7.60. The molecule has 0 aromatic heterocycles. The summed E-state index contributed by atoms with van der Waals surface area (Å²) in [7, 11) is 0. The molecule has 0 atom stereocenters. The largest absolute Gasteiger partial charge is 0.478 e. The lowest BCUT2D eigenvalue weighted by atomic mass is 10.2. The highest BCUT2D eigenvalue weighted by Gasteiger charge is 2.28. The lowest BCUT2D eigenvalue weighted by Crippen LogP contribution is -2.49. The first kappa shape index (κ1) is 17.1. The number of anilines is 1. The summed E-state index contributed by atoms with van der Waals surface area (Å²) in [5.74, 6) is -0.974. The molecule has 23 heavy (non-hydrogen) atoms. The van der Waals surface area contributed by atoms with Gasteiger partial charge in [-0.25, -0.2) is 14.6 Å². The first-order valence-corrected chi connectivity index (χ1v) is 7.60. The maximum atomic E-state index is 12.5. The minimum atomic E-state index is -0.974. The number of amides is 1. The molecule has 1 heterocycles. The van der Waals surface area contributed by atoms with Gasteiger partial charge in [0.2, 0.25) is 0 Å². The molecule has 0 spiro atoms. The number of nitrogens with zero attached hydrogens (tertiary/aromatic N) is 2. The van der Waals surface area contributed by atoms with Crippen LogP contribution in [0.25, 0.3) is 0 Å². The number of nitrogens with one attached hydrogen (secondary N) is 1. The highest BCUT2D eigenvalue weighted by Crippen LogP contribution is 2.20. The molecule has 0 unspecified atom stereocenters. The number of hydrogen-bond donors (Lipinski definition) is 2. The summed E-state index contributed by atoms with van der Waals surface area (Å²) >= 11 is 0. The van der Waals surface area contributed by atoms with Crippen LogP contribution in [-0.2, 0) is 4.74 Å². The third-order valence-electron chi connectivity index (χ3n) is 3.31. The van der Waals surface area contributed by atoms with E-state index < -0.39 is 17.7 Å². The molecule has 126 valence electrons. The van der Waals surface area contributed by atoms with Crippen LogP contribution < -0.4 is 10.3 Å². The highest BCUT2D eigenvalue weighted by atomic mass is 16.6. The molecular formula is C16H23N3O4. The van der Waals surface area contributed by atoms with Gasteiger partial charge in [-0.1, -0.05) is 0 Å². The Balaban J connectivity index is 2.23. The molecule has 0 aliphatic carbocycles. The third-order valence-corrected chi connectivity index (χ3v) is 3.31. The number of carboxylic acids is 1. The summed E-state index contributed by atoms with van der Waals surface area (Å²) in [4.78, 5) is 23.4. The van der Waals surface area contributed by atoms with Crippen molar-refractivity contribution in [2.45, 2.75) is 26.4 Å². The van der Waals surface area contributed by atoms with Gasteiger partial charge in [0.1, 0.15) is 5.60 Å². The normalized spacial score (nSPS) is 16.0. The number of ether oxygens (including phenoxy) is 1. The van der Waals surface area contributed by atoms with Gasteiger partial charge in [0.15, 0.2) is 0 Å². The molecule has 0 radical (unpaired) electrons. The number of carbonyl (C=O) groups is 2. The van der Waals surface area contributed by atoms with Gasteiger partial charge in [0.25, 0.3) is 0 Å². The van der Waals surface area contributed by atoms with Gasteiger partial charge >= 0.3 is 12.1 Å². The average Bonchev–Trinajstić information content (AvgIpc) is 2.71. The van der Waals surface area contributed by atoms with E-state index in [1.165, 1.54) is 12.1 Å². The van der Waals surface area contributed by atoms with Crippen molar-refractivity contribution in [3.63, 3.8) is 0 Å². The summed E-state index contributed by atoms with van der Waals surface area (Å²) in [5, 5.41) is 15.6. The third kappa shape index (κ3) is 4.59. The fraction of sp³-hybridized carbons (Fsp3) is 0.500. The lowest BCUT2D eigenvalue weighted by molar-refractivity contribution is 0.0239. The van der Waals surface area contributed by atoms with Gasteiger partial charge in [-0.3, -0.25) is 5.01 Å². The minimum Gasteiger partial charge on any atom is -0.478 e. The van der Waals surface area contributed by atoms with Crippen molar-refractivity contribution in [3.05, 3.63) is 29.8 Å². The standard InChI is InChI=1S/C16H23N3O4/c1-16(2,3)23-15(22)19-11-9-17-8-10-18(19)13-6-4-12(5-7-13)14(20)21/h4-7,17H,8-11H2,1-3H3,(H,20,21). The Hall–Kier alpha value is -2.28. The fourth-order valence-electron chi connectivity index (χ4n) is 2.29. The van der Waals surface area contributed by atoms with E-state index in [1.54, 1.807) is 17.1 Å². The molecule has 7 heteroatoms. The van der Waals surface area contributed by atoms with Gasteiger partial charge in [-0.2, -0.15) is 0 Å². The molecule has 1 aliphatic rings. The molecular weight excluding hydrogens is 298 g/mol. The number of hydrazine groups is 1. The van der Waals surface area contributed by atoms with Crippen LogP contribution in [0.5, 0.6) is 0 Å². The Kier molecular flexibility index (Phi) is 5.10. The van der Waals surface area contributed by atoms with E-state index in [4.69, 9.17) is 9.84 Å². The van der Waals surface area contributed by atoms with E-state index >= 15 is 0 Å². The van der Waals surface area contributed by atoms with Crippen molar-refractivity contribution in [2.24, 2.45) is 0 Å². The zero-order valence-corrected chi connectivity index (χ0v) is 13.7. The summed E-state index contributed by atoms with van der Waals surface area (Å²) in [6.07, 6.45) is -0.413. The number of hydrogen-bond acceptors (Lipinski definition) is 5. The molecule has 1 fully saturated rings. The molecule has 1 aromatic rings. The van der Waals surface area contributed by atoms with Crippen LogP contribution in [0.1, 0.15) is 31.1 Å². The molecule has 1 aromatic carbocycles. The van der Waals surface area contributed by atoms with Crippen molar-refractivity contribution in [1.29, 1.82) is 0 Å². The Morgan fingerprint density at radius 3 is 2.30 bits per heavy atom. The topological polar surface area (TPSA) is 82.1 Å². The second-order valence-electron chi connectivity index (χ2n) is 6.33. The molecule has 2 rings (SSSR count). The van der Waals surface area contributed by atoms with Crippen molar-refractivity contribution in [3.8, 4) is 0 Å². The smallest absolute Gasteiger partial charge is 0.429 e. The second kappa shape index (κ2) is 6.87. The quantitative estimate of drug-likeness (QED) is 0.866. The SMILES string of the molecule is CC(C)(C)OC(=O)N1CCNCCN1c1ccc(C(=O)O)cc1. The van der Waals surface area contributed by atoms with Crippen molar-refractivity contribution in [2.75, 3.05) is 31.2 Å². The van der Waals surface area contributed by atoms with Crippen LogP contribution >= 0.6 is 0 Å². The Labute approximate surface area is 135 Å². The van der Waals surface area contributed by atoms with E-state index in [1.807, 2.05) is 25.8 Å². The molecule has 2 N–H and O–H groups in total. The summed E-state index contributed by atoms with van der Waals surface area (Å²) in [5.41, 5.74) is 0.394. The van der Waals surface area contributed by atoms with Gasteiger partial charge in [-0.15, -0.1) is 0 Å². The van der Waals surface area contributed by atoms with Crippen molar-refractivity contribution < 1.29 is 19.4 Å². The maximum Gasteiger partial charge on any atom is 0.429 e. The summed E-state index contributed by atoms with van der Waals surface area (Å²) in [6, 6.07) is 6.46. The molecule has 1 saturated heterocycles. The van der Waals surface area contributed by atoms with E-state index in [2.05, 4.69) is 5.32 Å². The van der Waals surface area contributed by atoms with Crippen molar-refractivity contribution in [1.82, 2.24) is 10.3 Å². The van der Waals surface area contributed by atoms with E-state index in [0.717, 1.165) is 12.2 Å². The number of benzene rings is 1. The van der Waals surface area contributed by atoms with Crippen LogP contribution in [0.2, 0.25) is 0 Å². The average molecular weight is 321 g/mol. The van der Waals surface area contributed by atoms with Crippen LogP contribution in [0.4, 0.5) is 10.5 Å². The number of carbonyl (C=O) groups excluding carboxylic acids is 1. The van der Waals surface area contributed by atoms with Gasteiger partial charge in [0.05, 0.1) is 24.3 Å². The van der Waals surface area contributed by atoms with E-state index in [-0.39, 0.29) is 5.56 Å². The van der Waals surface area contributed by atoms with Gasteiger partial charge < -0.3 is 15.2 Å². The molecule has 1 amide bonds. The maximum absolute atomic E-state index is 12.5. The number of carboxylic acid groups (broad SMARTS) is 1. The zero-order valence-electron chi connectivity index (χ0n) is 13.7. The van der Waals surface area contributed by atoms with Crippen LogP contribution in [-0.4, -0.2) is 54.0 Å². The number of rotatable bonds is 2.